The summed E-state index contributed by atoms with van der Waals surface area (Å²) >= 11 is 0. The molecule has 0 bridgehead atoms. The van der Waals surface area contributed by atoms with Crippen molar-refractivity contribution in [3.8, 4) is 33.8 Å². The summed E-state index contributed by atoms with van der Waals surface area (Å²) in [5.74, 6) is 3.17. The molecule has 6 heteroatoms. The van der Waals surface area contributed by atoms with Crippen LogP contribution in [0.3, 0.4) is 0 Å². The van der Waals surface area contributed by atoms with Crippen molar-refractivity contribution in [2.24, 2.45) is 11.8 Å². The van der Waals surface area contributed by atoms with Crippen LogP contribution in [-0.4, -0.2) is 14.2 Å². The van der Waals surface area contributed by atoms with Crippen molar-refractivity contribution in [3.05, 3.63) is 204 Å². The van der Waals surface area contributed by atoms with Crippen LogP contribution in [0.1, 0.15) is 49.9 Å². The van der Waals surface area contributed by atoms with E-state index in [9.17, 15) is 0 Å². The summed E-state index contributed by atoms with van der Waals surface area (Å²) in [6.45, 7) is 13.3. The van der Waals surface area contributed by atoms with Gasteiger partial charge in [-0.15, -0.1) is 150 Å². The Balaban J connectivity index is 0.000000241. The topological polar surface area (TPSA) is 18.5 Å². The van der Waals surface area contributed by atoms with Gasteiger partial charge in [-0.2, -0.15) is 24.3 Å². The fourth-order valence-corrected chi connectivity index (χ4v) is 8.43. The van der Waals surface area contributed by atoms with Crippen LogP contribution in [0.5, 0.6) is 11.5 Å². The fourth-order valence-electron chi connectivity index (χ4n) is 8.43. The Hall–Kier alpha value is -4.29. The molecule has 336 valence electrons. The average Bonchev–Trinajstić information content (AvgIpc) is 4.07. The number of halogens is 2. The number of hydrogen-bond acceptors (Lipinski definition) is 2. The number of benzene rings is 6. The van der Waals surface area contributed by atoms with E-state index in [2.05, 4.69) is 199 Å². The molecule has 10 aromatic carbocycles. The third-order valence-electron chi connectivity index (χ3n) is 11.2. The summed E-state index contributed by atoms with van der Waals surface area (Å²) in [6, 6.07) is 64.7. The van der Waals surface area contributed by atoms with Gasteiger partial charge in [0.15, 0.2) is 0 Å². The predicted octanol–water partition coefficient (Wildman–Crippen LogP) is 10.6. The van der Waals surface area contributed by atoms with Crippen LogP contribution < -0.4 is 34.3 Å². The third kappa shape index (κ3) is 14.9. The van der Waals surface area contributed by atoms with Gasteiger partial charge in [-0.3, -0.25) is 0 Å². The SMILES string of the molecule is COc1ccc(-c2cccc3[cH-]c(CC(C)C)cc23)cc1.COc1ccc(-c2cccc3[cH-]c(CC(C)C)cc23)cc1.Cc1cc2ccccc2[cH-]1.Cc1cc2ccccc2[cH-]1.[Cl-].[Cl-].[Zr+2].[Zr+2]. The second-order valence-corrected chi connectivity index (χ2v) is 17.3. The first-order valence-electron chi connectivity index (χ1n) is 22.0. The fraction of sp³-hybridized carbons (Fsp3) is 0.200. The molecule has 0 N–H and O–H groups in total. The van der Waals surface area contributed by atoms with E-state index >= 15 is 0 Å². The second kappa shape index (κ2) is 26.9. The van der Waals surface area contributed by atoms with Crippen molar-refractivity contribution in [1.82, 2.24) is 0 Å². The van der Waals surface area contributed by atoms with E-state index in [-0.39, 0.29) is 77.2 Å². The van der Waals surface area contributed by atoms with E-state index in [1.807, 2.05) is 24.3 Å². The number of hydrogen-bond donors (Lipinski definition) is 0. The first kappa shape index (κ1) is 56.0. The molecular formula is C60H60Cl2O2Zr2-2. The number of rotatable bonds is 8. The van der Waals surface area contributed by atoms with Crippen LogP contribution >= 0.6 is 0 Å². The summed E-state index contributed by atoms with van der Waals surface area (Å²) in [4.78, 5) is 0. The van der Waals surface area contributed by atoms with Crippen molar-refractivity contribution in [3.63, 3.8) is 0 Å². The van der Waals surface area contributed by atoms with E-state index in [4.69, 9.17) is 9.47 Å². The van der Waals surface area contributed by atoms with Gasteiger partial charge in [0.05, 0.1) is 14.2 Å². The number of methoxy groups -OCH3 is 2. The number of ether oxygens (including phenoxy) is 2. The van der Waals surface area contributed by atoms with Crippen LogP contribution in [0, 0.1) is 25.7 Å². The van der Waals surface area contributed by atoms with Gasteiger partial charge < -0.3 is 34.3 Å². The predicted molar refractivity (Wildman–Crippen MR) is 269 cm³/mol. The van der Waals surface area contributed by atoms with Gasteiger partial charge in [-0.25, -0.2) is 0 Å². The molecule has 0 heterocycles. The molecule has 0 aliphatic heterocycles. The van der Waals surface area contributed by atoms with Gasteiger partial charge in [-0.1, -0.05) is 101 Å². The van der Waals surface area contributed by atoms with Crippen LogP contribution in [0.4, 0.5) is 0 Å². The van der Waals surface area contributed by atoms with Crippen LogP contribution in [0.15, 0.2) is 182 Å². The quantitative estimate of drug-likeness (QED) is 0.141. The van der Waals surface area contributed by atoms with E-state index in [1.165, 1.54) is 87.6 Å². The largest absolute Gasteiger partial charge is 2.00 e. The van der Waals surface area contributed by atoms with E-state index in [0.29, 0.717) is 11.8 Å². The normalized spacial score (nSPS) is 10.3. The Bertz CT molecular complexity index is 2690. The smallest absolute Gasteiger partial charge is 1.00 e. The summed E-state index contributed by atoms with van der Waals surface area (Å²) in [7, 11) is 3.40. The molecule has 0 saturated carbocycles. The molecule has 0 saturated heterocycles. The maximum atomic E-state index is 5.24. The molecule has 0 radical (unpaired) electrons. The molecule has 0 atom stereocenters. The number of fused-ring (bicyclic) bond motifs is 4. The summed E-state index contributed by atoms with van der Waals surface area (Å²) in [5.41, 5.74) is 10.6. The molecule has 10 aromatic rings. The minimum Gasteiger partial charge on any atom is -1.00 e. The monoisotopic (exact) mass is 1060 g/mol. The van der Waals surface area contributed by atoms with Crippen LogP contribution in [0.25, 0.3) is 65.3 Å². The molecular weight excluding hydrogens is 1010 g/mol. The number of aryl methyl sites for hydroxylation is 2. The van der Waals surface area contributed by atoms with Gasteiger partial charge in [0.2, 0.25) is 0 Å². The summed E-state index contributed by atoms with van der Waals surface area (Å²) in [6.07, 6.45) is 2.27. The Kier molecular flexibility index (Phi) is 22.8. The zero-order valence-electron chi connectivity index (χ0n) is 39.5. The van der Waals surface area contributed by atoms with Crippen molar-refractivity contribution in [2.45, 2.75) is 54.4 Å². The first-order chi connectivity index (χ1) is 30.1. The van der Waals surface area contributed by atoms with Gasteiger partial charge in [0.1, 0.15) is 11.5 Å². The van der Waals surface area contributed by atoms with Crippen molar-refractivity contribution in [1.29, 1.82) is 0 Å². The molecule has 0 fully saturated rings. The maximum Gasteiger partial charge on any atom is 2.00 e. The van der Waals surface area contributed by atoms with E-state index in [1.54, 1.807) is 14.2 Å². The van der Waals surface area contributed by atoms with Gasteiger partial charge in [-0.05, 0) is 60.1 Å². The van der Waals surface area contributed by atoms with E-state index in [0.717, 1.165) is 24.3 Å². The molecule has 0 unspecified atom stereocenters. The second-order valence-electron chi connectivity index (χ2n) is 17.3. The van der Waals surface area contributed by atoms with Crippen LogP contribution in [0.2, 0.25) is 0 Å². The average molecular weight is 1070 g/mol. The minimum absolute atomic E-state index is 0. The molecule has 0 spiro atoms. The Morgan fingerprint density at radius 1 is 0.409 bits per heavy atom. The Labute approximate surface area is 444 Å². The minimum atomic E-state index is 0. The molecule has 2 nitrogen and oxygen atoms in total. The third-order valence-corrected chi connectivity index (χ3v) is 11.2. The molecule has 0 aliphatic rings. The zero-order chi connectivity index (χ0) is 43.6. The molecule has 10 rings (SSSR count). The van der Waals surface area contributed by atoms with Gasteiger partial charge in [0.25, 0.3) is 0 Å². The van der Waals surface area contributed by atoms with Gasteiger partial charge >= 0.3 is 52.4 Å². The van der Waals surface area contributed by atoms with Crippen LogP contribution in [-0.2, 0) is 65.2 Å². The molecule has 0 amide bonds. The van der Waals surface area contributed by atoms with E-state index < -0.39 is 0 Å². The van der Waals surface area contributed by atoms with Crippen molar-refractivity contribution in [2.75, 3.05) is 14.2 Å². The molecule has 66 heavy (non-hydrogen) atoms. The standard InChI is InChI=1S/2C20H21O.2C10H9.2ClH.2Zr/c2*1-14(2)11-15-12-17-5-4-6-19(20(17)13-15)16-7-9-18(21-3)10-8-16;2*1-8-6-9-4-2-3-5-10(9)7-8;;;;/h2*4-10,12-14H,11H2,1-3H3;2*2-7H,1H3;2*1H;;/q4*-1;;;2*+2/p-2. The molecule has 0 aromatic heterocycles. The Morgan fingerprint density at radius 2 is 0.758 bits per heavy atom. The first-order valence-corrected chi connectivity index (χ1v) is 22.0. The Morgan fingerprint density at radius 3 is 1.09 bits per heavy atom. The summed E-state index contributed by atoms with van der Waals surface area (Å²) in [5, 5.41) is 10.7. The van der Waals surface area contributed by atoms with Gasteiger partial charge in [0, 0.05) is 0 Å². The van der Waals surface area contributed by atoms with Crippen molar-refractivity contribution >= 4 is 43.1 Å². The zero-order valence-corrected chi connectivity index (χ0v) is 45.9. The maximum absolute atomic E-state index is 5.24. The van der Waals surface area contributed by atoms with Crippen molar-refractivity contribution < 1.29 is 86.7 Å². The summed E-state index contributed by atoms with van der Waals surface area (Å²) < 4.78 is 10.5. The molecule has 0 aliphatic carbocycles.